The smallest absolute Gasteiger partial charge is 0.125 e. The number of pyridine rings is 1. The fraction of sp³-hybridized carbons (Fsp3) is 0.556. The van der Waals surface area contributed by atoms with Crippen LogP contribution in [-0.2, 0) is 0 Å². The van der Waals surface area contributed by atoms with Gasteiger partial charge in [0.2, 0.25) is 0 Å². The summed E-state index contributed by atoms with van der Waals surface area (Å²) in [5.74, 6) is 5.85. The lowest BCUT2D eigenvalue weighted by Gasteiger charge is -2.21. The van der Waals surface area contributed by atoms with E-state index in [-0.39, 0.29) is 6.42 Å². The Morgan fingerprint density at radius 2 is 2.05 bits per heavy atom. The van der Waals surface area contributed by atoms with Gasteiger partial charge in [-0.2, -0.15) is 5.26 Å². The fourth-order valence-electron chi connectivity index (χ4n) is 2.21. The highest BCUT2D eigenvalue weighted by Crippen LogP contribution is 2.20. The van der Waals surface area contributed by atoms with Crippen molar-refractivity contribution in [1.82, 2.24) is 4.98 Å². The second-order valence-corrected chi connectivity index (χ2v) is 5.46. The number of nitrogens with zero attached hydrogens (tertiary/aromatic N) is 2. The van der Waals surface area contributed by atoms with E-state index in [1.165, 1.54) is 0 Å². The Labute approximate surface area is 132 Å². The van der Waals surface area contributed by atoms with Gasteiger partial charge in [0.1, 0.15) is 17.4 Å². The average molecular weight is 300 g/mol. The van der Waals surface area contributed by atoms with Gasteiger partial charge in [-0.3, -0.25) is 0 Å². The highest BCUT2D eigenvalue weighted by atomic mass is 16.3. The summed E-state index contributed by atoms with van der Waals surface area (Å²) < 4.78 is 0. The molecule has 0 amide bonds. The molecule has 0 aliphatic rings. The quantitative estimate of drug-likeness (QED) is 0.759. The number of aromatic nitrogens is 1. The number of aliphatic hydroxyl groups is 2. The fourth-order valence-corrected chi connectivity index (χ4v) is 2.21. The molecule has 0 saturated heterocycles. The molecule has 1 rings (SSSR count). The average Bonchev–Trinajstić information content (AvgIpc) is 2.52. The summed E-state index contributed by atoms with van der Waals surface area (Å²) >= 11 is 0. The Morgan fingerprint density at radius 3 is 2.68 bits per heavy atom. The molecular formula is C18H24N2O2. The van der Waals surface area contributed by atoms with Gasteiger partial charge >= 0.3 is 0 Å². The second kappa shape index (κ2) is 9.20. The molecule has 0 aromatic carbocycles. The molecule has 0 radical (unpaired) electrons. The van der Waals surface area contributed by atoms with Gasteiger partial charge in [0, 0.05) is 0 Å². The zero-order chi connectivity index (χ0) is 16.4. The van der Waals surface area contributed by atoms with E-state index >= 15 is 0 Å². The van der Waals surface area contributed by atoms with Crippen molar-refractivity contribution in [3.05, 3.63) is 29.6 Å². The first kappa shape index (κ1) is 18.2. The van der Waals surface area contributed by atoms with Gasteiger partial charge in [0.25, 0.3) is 0 Å². The predicted molar refractivity (Wildman–Crippen MR) is 85.7 cm³/mol. The molecule has 1 heterocycles. The third kappa shape index (κ3) is 5.85. The van der Waals surface area contributed by atoms with Gasteiger partial charge in [-0.15, -0.1) is 0 Å². The maximum Gasteiger partial charge on any atom is 0.125 e. The van der Waals surface area contributed by atoms with E-state index in [0.29, 0.717) is 24.2 Å². The predicted octanol–water partition coefficient (Wildman–Crippen LogP) is 3.10. The van der Waals surface area contributed by atoms with Crippen LogP contribution in [0, 0.1) is 23.2 Å². The summed E-state index contributed by atoms with van der Waals surface area (Å²) in [4.78, 5) is 4.25. The standard InChI is InChI=1S/C18H24N2O2/c1-3-5-12-18(22,11-4-2)13-9-15-7-6-8-16(20-15)17(21)10-14-19/h6-8,17,21-22H,3-5,10-12H2,1-2H3. The highest BCUT2D eigenvalue weighted by molar-refractivity contribution is 5.32. The Morgan fingerprint density at radius 1 is 1.27 bits per heavy atom. The third-order valence-corrected chi connectivity index (χ3v) is 3.43. The van der Waals surface area contributed by atoms with Gasteiger partial charge < -0.3 is 10.2 Å². The first-order chi connectivity index (χ1) is 10.5. The van der Waals surface area contributed by atoms with Gasteiger partial charge in [-0.05, 0) is 37.3 Å². The van der Waals surface area contributed by atoms with Crippen LogP contribution >= 0.6 is 0 Å². The van der Waals surface area contributed by atoms with Crippen LogP contribution in [0.25, 0.3) is 0 Å². The zero-order valence-electron chi connectivity index (χ0n) is 13.3. The number of unbranched alkanes of at least 4 members (excludes halogenated alkanes) is 1. The van der Waals surface area contributed by atoms with E-state index in [4.69, 9.17) is 5.26 Å². The molecular weight excluding hydrogens is 276 g/mol. The molecule has 2 atom stereocenters. The van der Waals surface area contributed by atoms with E-state index in [1.54, 1.807) is 18.2 Å². The summed E-state index contributed by atoms with van der Waals surface area (Å²) in [7, 11) is 0. The normalized spacial score (nSPS) is 14.3. The Hall–Kier alpha value is -1.88. The largest absolute Gasteiger partial charge is 0.386 e. The van der Waals surface area contributed by atoms with Crippen LogP contribution in [0.15, 0.2) is 18.2 Å². The summed E-state index contributed by atoms with van der Waals surface area (Å²) in [6.45, 7) is 4.11. The van der Waals surface area contributed by atoms with Crippen molar-refractivity contribution in [1.29, 1.82) is 5.26 Å². The van der Waals surface area contributed by atoms with E-state index in [0.717, 1.165) is 19.3 Å². The molecule has 0 spiro atoms. The molecule has 118 valence electrons. The molecule has 1 aromatic rings. The lowest BCUT2D eigenvalue weighted by molar-refractivity contribution is 0.0790. The molecule has 0 saturated carbocycles. The first-order valence-corrected chi connectivity index (χ1v) is 7.82. The molecule has 4 nitrogen and oxygen atoms in total. The maximum atomic E-state index is 10.6. The van der Waals surface area contributed by atoms with Crippen molar-refractivity contribution < 1.29 is 10.2 Å². The monoisotopic (exact) mass is 300 g/mol. The highest BCUT2D eigenvalue weighted by Gasteiger charge is 2.22. The van der Waals surface area contributed by atoms with Gasteiger partial charge in [-0.25, -0.2) is 4.98 Å². The van der Waals surface area contributed by atoms with Crippen molar-refractivity contribution in [2.45, 2.75) is 64.1 Å². The Balaban J connectivity index is 2.93. The lowest BCUT2D eigenvalue weighted by Crippen LogP contribution is -2.26. The lowest BCUT2D eigenvalue weighted by atomic mass is 9.92. The van der Waals surface area contributed by atoms with Crippen LogP contribution in [0.3, 0.4) is 0 Å². The molecule has 4 heteroatoms. The molecule has 1 aromatic heterocycles. The zero-order valence-corrected chi connectivity index (χ0v) is 13.3. The maximum absolute atomic E-state index is 10.6. The number of hydrogen-bond donors (Lipinski definition) is 2. The van der Waals surface area contributed by atoms with Gasteiger partial charge in [0.05, 0.1) is 18.2 Å². The van der Waals surface area contributed by atoms with Crippen molar-refractivity contribution in [2.75, 3.05) is 0 Å². The van der Waals surface area contributed by atoms with E-state index in [9.17, 15) is 10.2 Å². The number of rotatable bonds is 7. The molecule has 22 heavy (non-hydrogen) atoms. The van der Waals surface area contributed by atoms with Crippen LogP contribution in [0.4, 0.5) is 0 Å². The molecule has 2 N–H and O–H groups in total. The molecule has 0 fully saturated rings. The summed E-state index contributed by atoms with van der Waals surface area (Å²) in [5.41, 5.74) is -0.0466. The summed E-state index contributed by atoms with van der Waals surface area (Å²) in [6, 6.07) is 7.07. The van der Waals surface area contributed by atoms with Crippen LogP contribution < -0.4 is 0 Å². The summed E-state index contributed by atoms with van der Waals surface area (Å²) in [6.07, 6.45) is 3.20. The van der Waals surface area contributed by atoms with Crippen LogP contribution in [0.2, 0.25) is 0 Å². The Bertz CT molecular complexity index is 568. The SMILES string of the molecule is CCCCC(O)(C#Cc1cccc(C(O)CC#N)n1)CCC. The van der Waals surface area contributed by atoms with Crippen LogP contribution in [0.1, 0.15) is 69.9 Å². The summed E-state index contributed by atoms with van der Waals surface area (Å²) in [5, 5.41) is 29.0. The molecule has 0 aliphatic carbocycles. The molecule has 0 bridgehead atoms. The minimum atomic E-state index is -0.978. The van der Waals surface area contributed by atoms with Crippen molar-refractivity contribution in [3.8, 4) is 17.9 Å². The van der Waals surface area contributed by atoms with Crippen LogP contribution in [-0.4, -0.2) is 20.8 Å². The first-order valence-electron chi connectivity index (χ1n) is 7.82. The van der Waals surface area contributed by atoms with Crippen molar-refractivity contribution in [3.63, 3.8) is 0 Å². The topological polar surface area (TPSA) is 77.1 Å². The number of aliphatic hydroxyl groups excluding tert-OH is 1. The number of hydrogen-bond acceptors (Lipinski definition) is 4. The minimum Gasteiger partial charge on any atom is -0.386 e. The van der Waals surface area contributed by atoms with Gasteiger partial charge in [0.15, 0.2) is 0 Å². The third-order valence-electron chi connectivity index (χ3n) is 3.43. The van der Waals surface area contributed by atoms with E-state index in [1.807, 2.05) is 13.0 Å². The van der Waals surface area contributed by atoms with Crippen LogP contribution in [0.5, 0.6) is 0 Å². The molecule has 0 aliphatic heterocycles. The van der Waals surface area contributed by atoms with Crippen molar-refractivity contribution in [2.24, 2.45) is 0 Å². The second-order valence-electron chi connectivity index (χ2n) is 5.46. The number of nitriles is 1. The van der Waals surface area contributed by atoms with Crippen molar-refractivity contribution >= 4 is 0 Å². The van der Waals surface area contributed by atoms with E-state index < -0.39 is 11.7 Å². The van der Waals surface area contributed by atoms with Gasteiger partial charge in [-0.1, -0.05) is 38.7 Å². The minimum absolute atomic E-state index is 0.000153. The van der Waals surface area contributed by atoms with E-state index in [2.05, 4.69) is 23.7 Å². The molecule has 2 unspecified atom stereocenters. The Kier molecular flexibility index (Phi) is 7.60.